The molecule has 0 saturated carbocycles. The van der Waals surface area contributed by atoms with Gasteiger partial charge in [-0.3, -0.25) is 0 Å². The van der Waals surface area contributed by atoms with Crippen LogP contribution in [0.4, 0.5) is 0 Å². The molecule has 1 aromatic heterocycles. The zero-order valence-corrected chi connectivity index (χ0v) is 9.93. The van der Waals surface area contributed by atoms with Gasteiger partial charge < -0.3 is 3.55 Å². The maximum absolute atomic E-state index is 3.86. The summed E-state index contributed by atoms with van der Waals surface area (Å²) in [7, 11) is 0. The van der Waals surface area contributed by atoms with E-state index in [1.807, 2.05) is 13.0 Å². The van der Waals surface area contributed by atoms with Crippen molar-refractivity contribution >= 4 is 39.6 Å². The third-order valence-electron chi connectivity index (χ3n) is 2.52. The summed E-state index contributed by atoms with van der Waals surface area (Å²) in [6.07, 6.45) is 6.07. The fraction of sp³-hybridized carbons (Fsp3) is 0.0769. The van der Waals surface area contributed by atoms with Crippen LogP contribution in [0.25, 0.3) is 23.1 Å². The average Bonchev–Trinajstić information content (AvgIpc) is 2.54. The van der Waals surface area contributed by atoms with Crippen LogP contribution in [0.3, 0.4) is 0 Å². The Kier molecular flexibility index (Phi) is 2.82. The van der Waals surface area contributed by atoms with Gasteiger partial charge in [-0.05, 0) is 19.1 Å². The summed E-state index contributed by atoms with van der Waals surface area (Å²) in [6, 6.07) is 8.36. The third kappa shape index (κ3) is 1.57. The van der Waals surface area contributed by atoms with Gasteiger partial charge in [0.05, 0.1) is 0 Å². The van der Waals surface area contributed by atoms with E-state index < -0.39 is 0 Å². The molecule has 0 unspecified atom stereocenters. The first-order valence-corrected chi connectivity index (χ1v) is 5.45. The van der Waals surface area contributed by atoms with Gasteiger partial charge in [-0.2, -0.15) is 0 Å². The molecule has 0 spiro atoms. The summed E-state index contributed by atoms with van der Waals surface area (Å²) in [5, 5.41) is 1.26. The van der Waals surface area contributed by atoms with Crippen molar-refractivity contribution in [2.45, 2.75) is 6.92 Å². The minimum Gasteiger partial charge on any atom is -0.452 e. The van der Waals surface area contributed by atoms with Crippen LogP contribution in [-0.4, -0.2) is 20.1 Å². The number of hydrogen-bond acceptors (Lipinski definition) is 0. The molecule has 15 heavy (non-hydrogen) atoms. The van der Waals surface area contributed by atoms with Gasteiger partial charge in [0.2, 0.25) is 0 Å². The van der Waals surface area contributed by atoms with E-state index in [9.17, 15) is 0 Å². The lowest BCUT2D eigenvalue weighted by atomic mass is 10.1. The number of hydrogen-bond donors (Lipinski definition) is 0. The molecule has 0 amide bonds. The molecule has 0 aliphatic heterocycles. The molecule has 1 aromatic carbocycles. The van der Waals surface area contributed by atoms with Crippen molar-refractivity contribution in [1.82, 2.24) is 3.55 Å². The summed E-state index contributed by atoms with van der Waals surface area (Å²) in [5.74, 6) is 0. The fourth-order valence-corrected chi connectivity index (χ4v) is 2.33. The summed E-state index contributed by atoms with van der Waals surface area (Å²) in [4.78, 5) is 0. The topological polar surface area (TPSA) is 4.93 Å². The molecule has 2 aromatic rings. The molecule has 0 atom stereocenters. The highest BCUT2D eigenvalue weighted by atomic mass is 27.1. The van der Waals surface area contributed by atoms with E-state index in [4.69, 9.17) is 0 Å². The van der Waals surface area contributed by atoms with Gasteiger partial charge in [-0.25, -0.2) is 0 Å². The maximum atomic E-state index is 3.86. The zero-order valence-electron chi connectivity index (χ0n) is 8.77. The van der Waals surface area contributed by atoms with Gasteiger partial charge >= 0.3 is 16.5 Å². The van der Waals surface area contributed by atoms with Gasteiger partial charge in [0.25, 0.3) is 0 Å². The molecule has 1 heterocycles. The minimum atomic E-state index is 1.14. The minimum absolute atomic E-state index is 1.14. The smallest absolute Gasteiger partial charge is 0.318 e. The van der Waals surface area contributed by atoms with Crippen LogP contribution in [0.1, 0.15) is 18.2 Å². The summed E-state index contributed by atoms with van der Waals surface area (Å²) in [5.41, 5.74) is 3.59. The van der Waals surface area contributed by atoms with E-state index in [1.165, 1.54) is 16.5 Å². The third-order valence-corrected chi connectivity index (χ3v) is 3.07. The lowest BCUT2D eigenvalue weighted by Crippen LogP contribution is -1.93. The second kappa shape index (κ2) is 4.10. The van der Waals surface area contributed by atoms with Crippen LogP contribution in [0.5, 0.6) is 0 Å². The monoisotopic (exact) mass is 209 g/mol. The van der Waals surface area contributed by atoms with Crippen molar-refractivity contribution in [2.75, 3.05) is 0 Å². The SMILES string of the molecule is C=Cc1c(/C=C\C)c2ccccc2[n]1[Al]. The Hall–Kier alpha value is -1.23. The first kappa shape index (κ1) is 10.3. The van der Waals surface area contributed by atoms with Gasteiger partial charge in [0.1, 0.15) is 0 Å². The predicted octanol–water partition coefficient (Wildman–Crippen LogP) is 3.25. The predicted molar refractivity (Wildman–Crippen MR) is 67.9 cm³/mol. The molecule has 0 aliphatic carbocycles. The van der Waals surface area contributed by atoms with Gasteiger partial charge in [-0.1, -0.05) is 36.9 Å². The highest BCUT2D eigenvalue weighted by Gasteiger charge is 2.07. The Labute approximate surface area is 98.4 Å². The molecule has 1 nitrogen and oxygen atoms in total. The number of para-hydroxylation sites is 1. The molecule has 2 radical (unpaired) electrons. The molecule has 2 rings (SSSR count). The van der Waals surface area contributed by atoms with Crippen LogP contribution >= 0.6 is 0 Å². The van der Waals surface area contributed by atoms with Crippen molar-refractivity contribution in [3.05, 3.63) is 48.2 Å². The molecule has 0 aliphatic rings. The molecular formula is C13H12AlN. The fourth-order valence-electron chi connectivity index (χ4n) is 1.86. The average molecular weight is 209 g/mol. The van der Waals surface area contributed by atoms with E-state index in [1.54, 1.807) is 0 Å². The number of benzene rings is 1. The van der Waals surface area contributed by atoms with Gasteiger partial charge in [0.15, 0.2) is 0 Å². The molecule has 0 saturated heterocycles. The number of nitrogens with zero attached hydrogens (tertiary/aromatic N) is 1. The van der Waals surface area contributed by atoms with Gasteiger partial charge in [-0.15, -0.1) is 0 Å². The molecule has 72 valence electrons. The summed E-state index contributed by atoms with van der Waals surface area (Å²) >= 11 is 2.73. The lowest BCUT2D eigenvalue weighted by molar-refractivity contribution is 1.28. The Bertz CT molecular complexity index is 535. The summed E-state index contributed by atoms with van der Waals surface area (Å²) < 4.78 is 2.09. The van der Waals surface area contributed by atoms with Crippen molar-refractivity contribution in [3.8, 4) is 0 Å². The first-order chi connectivity index (χ1) is 7.29. The van der Waals surface area contributed by atoms with E-state index in [2.05, 4.69) is 63.1 Å². The number of rotatable bonds is 2. The highest BCUT2D eigenvalue weighted by Crippen LogP contribution is 2.26. The Balaban J connectivity index is 2.90. The highest BCUT2D eigenvalue weighted by molar-refractivity contribution is 6.14. The lowest BCUT2D eigenvalue weighted by Gasteiger charge is -2.00. The zero-order chi connectivity index (χ0) is 10.8. The Morgan fingerprint density at radius 1 is 1.33 bits per heavy atom. The van der Waals surface area contributed by atoms with Crippen LogP contribution in [-0.2, 0) is 0 Å². The number of allylic oxidation sites excluding steroid dienone is 1. The molecule has 0 N–H and O–H groups in total. The first-order valence-electron chi connectivity index (χ1n) is 4.93. The molecule has 0 bridgehead atoms. The van der Waals surface area contributed by atoms with Crippen LogP contribution in [0.15, 0.2) is 36.9 Å². The second-order valence-corrected chi connectivity index (χ2v) is 3.91. The number of fused-ring (bicyclic) bond motifs is 1. The van der Waals surface area contributed by atoms with Crippen molar-refractivity contribution in [2.24, 2.45) is 0 Å². The van der Waals surface area contributed by atoms with Crippen LogP contribution in [0, 0.1) is 0 Å². The van der Waals surface area contributed by atoms with E-state index in [0.29, 0.717) is 0 Å². The van der Waals surface area contributed by atoms with E-state index in [0.717, 1.165) is 5.69 Å². The second-order valence-electron chi connectivity index (χ2n) is 3.39. The van der Waals surface area contributed by atoms with E-state index in [-0.39, 0.29) is 0 Å². The van der Waals surface area contributed by atoms with Crippen molar-refractivity contribution in [3.63, 3.8) is 0 Å². The Morgan fingerprint density at radius 3 is 2.73 bits per heavy atom. The standard InChI is InChI=1S/C13H12N.Al/c1-3-7-10-11-8-5-6-9-13(11)14-12(10)4-2;/h3-9H,2H2,1H3;/q-1;+1/b7-3-;. The molecule has 0 fully saturated rings. The summed E-state index contributed by atoms with van der Waals surface area (Å²) in [6.45, 7) is 5.89. The van der Waals surface area contributed by atoms with Crippen molar-refractivity contribution in [1.29, 1.82) is 0 Å². The molecule has 2 heteroatoms. The normalized spacial score (nSPS) is 11.3. The quantitative estimate of drug-likeness (QED) is 0.669. The van der Waals surface area contributed by atoms with Crippen molar-refractivity contribution < 1.29 is 0 Å². The van der Waals surface area contributed by atoms with Gasteiger partial charge in [0, 0.05) is 22.2 Å². The number of aromatic nitrogens is 1. The van der Waals surface area contributed by atoms with E-state index >= 15 is 0 Å². The van der Waals surface area contributed by atoms with Crippen LogP contribution < -0.4 is 0 Å². The molecular weight excluding hydrogens is 197 g/mol. The maximum Gasteiger partial charge on any atom is 0.318 e. The largest absolute Gasteiger partial charge is 0.452 e. The Morgan fingerprint density at radius 2 is 2.07 bits per heavy atom. The van der Waals surface area contributed by atoms with Crippen LogP contribution in [0.2, 0.25) is 0 Å².